The van der Waals surface area contributed by atoms with E-state index in [1.54, 1.807) is 11.3 Å². The van der Waals surface area contributed by atoms with Crippen LogP contribution in [-0.4, -0.2) is 45.8 Å². The lowest BCUT2D eigenvalue weighted by molar-refractivity contribution is -0.125. The first kappa shape index (κ1) is 32.1. The number of benzene rings is 2. The highest BCUT2D eigenvalue weighted by molar-refractivity contribution is 7.09. The second kappa shape index (κ2) is 15.1. The van der Waals surface area contributed by atoms with Crippen LogP contribution in [0.25, 0.3) is 11.0 Å². The highest BCUT2D eigenvalue weighted by Crippen LogP contribution is 2.29. The third-order valence-electron chi connectivity index (χ3n) is 9.05. The minimum absolute atomic E-state index is 0.00545. The van der Waals surface area contributed by atoms with Gasteiger partial charge in [0, 0.05) is 54.9 Å². The molecule has 0 saturated carbocycles. The van der Waals surface area contributed by atoms with E-state index in [1.165, 1.54) is 10.4 Å². The van der Waals surface area contributed by atoms with Gasteiger partial charge in [-0.15, -0.1) is 11.3 Å². The lowest BCUT2D eigenvalue weighted by Gasteiger charge is -2.20. The third-order valence-corrected chi connectivity index (χ3v) is 9.92. The van der Waals surface area contributed by atoms with Crippen LogP contribution in [0.1, 0.15) is 92.5 Å². The summed E-state index contributed by atoms with van der Waals surface area (Å²) in [6, 6.07) is 21.1. The first-order valence-corrected chi connectivity index (χ1v) is 17.3. The normalized spacial score (nSPS) is 16.3. The van der Waals surface area contributed by atoms with Crippen LogP contribution in [0.15, 0.2) is 66.0 Å². The maximum absolute atomic E-state index is 13.6. The maximum Gasteiger partial charge on any atom is 0.223 e. The first-order valence-electron chi connectivity index (χ1n) is 16.4. The van der Waals surface area contributed by atoms with Crippen molar-refractivity contribution in [2.24, 2.45) is 17.8 Å². The molecule has 0 aliphatic carbocycles. The summed E-state index contributed by atoms with van der Waals surface area (Å²) < 4.78 is 2.38. The fraction of sp³-hybridized carbons (Fsp3) is 0.486. The molecule has 0 spiro atoms. The summed E-state index contributed by atoms with van der Waals surface area (Å²) in [5.41, 5.74) is 3.91. The zero-order chi connectivity index (χ0) is 31.1. The second-order valence-corrected chi connectivity index (χ2v) is 13.9. The smallest absolute Gasteiger partial charge is 0.223 e. The molecule has 44 heavy (non-hydrogen) atoms. The van der Waals surface area contributed by atoms with Crippen molar-refractivity contribution >= 4 is 34.1 Å². The van der Waals surface area contributed by atoms with Gasteiger partial charge in [0.25, 0.3) is 0 Å². The van der Waals surface area contributed by atoms with Crippen molar-refractivity contribution in [1.29, 1.82) is 0 Å². The monoisotopic (exact) mass is 612 g/mol. The highest BCUT2D eigenvalue weighted by atomic mass is 32.1. The molecule has 2 aromatic carbocycles. The molecule has 2 atom stereocenters. The summed E-state index contributed by atoms with van der Waals surface area (Å²) in [6.07, 6.45) is 4.83. The largest absolute Gasteiger partial charge is 0.356 e. The number of imidazole rings is 1. The van der Waals surface area contributed by atoms with E-state index in [2.05, 4.69) is 90.3 Å². The molecular formula is C37H48N4O2S. The van der Waals surface area contributed by atoms with Crippen molar-refractivity contribution in [2.45, 2.75) is 78.8 Å². The number of hydrogen-bond donors (Lipinski definition) is 1. The number of hydrogen-bond acceptors (Lipinski definition) is 5. The fourth-order valence-electron chi connectivity index (χ4n) is 6.72. The van der Waals surface area contributed by atoms with Crippen molar-refractivity contribution in [3.8, 4) is 0 Å². The molecular weight excluding hydrogens is 565 g/mol. The van der Waals surface area contributed by atoms with E-state index in [1.807, 2.05) is 18.2 Å². The van der Waals surface area contributed by atoms with Gasteiger partial charge in [0.05, 0.1) is 11.0 Å². The average molecular weight is 613 g/mol. The predicted molar refractivity (Wildman–Crippen MR) is 181 cm³/mol. The average Bonchev–Trinajstić information content (AvgIpc) is 3.77. The number of ketones is 1. The Balaban J connectivity index is 1.25. The molecule has 7 heteroatoms. The number of fused-ring (bicyclic) bond motifs is 1. The standard InChI is InChI=1S/C37H48N4O2S/c1-5-31(6-2)41-34-15-14-29(20-33(34)39-36(41)22-32-13-10-18-44-32)35(42)21-30(19-26(3)4)37(43)38-23-28-16-17-40(25-28)24-27-11-8-7-9-12-27/h7-15,18,20,26,28,30-31H,5-6,16-17,19,21-25H2,1-4H3,(H,38,43)/t28?,30-/m1/s1. The molecule has 234 valence electrons. The summed E-state index contributed by atoms with van der Waals surface area (Å²) in [7, 11) is 0. The number of rotatable bonds is 15. The summed E-state index contributed by atoms with van der Waals surface area (Å²) in [5, 5.41) is 5.33. The number of amides is 1. The molecule has 1 saturated heterocycles. The van der Waals surface area contributed by atoms with Gasteiger partial charge in [-0.05, 0) is 79.3 Å². The quantitative estimate of drug-likeness (QED) is 0.139. The van der Waals surface area contributed by atoms with Gasteiger partial charge in [0.1, 0.15) is 5.82 Å². The molecule has 1 amide bonds. The highest BCUT2D eigenvalue weighted by Gasteiger charge is 2.27. The lowest BCUT2D eigenvalue weighted by atomic mass is 9.89. The van der Waals surface area contributed by atoms with Gasteiger partial charge < -0.3 is 9.88 Å². The van der Waals surface area contributed by atoms with E-state index in [-0.39, 0.29) is 24.0 Å². The first-order chi connectivity index (χ1) is 21.3. The second-order valence-electron chi connectivity index (χ2n) is 12.9. The number of carbonyl (C=O) groups is 2. The molecule has 2 aromatic heterocycles. The van der Waals surface area contributed by atoms with E-state index < -0.39 is 0 Å². The number of Topliss-reactive ketones (excluding diaryl/α,β-unsaturated/α-hetero) is 1. The summed E-state index contributed by atoms with van der Waals surface area (Å²) >= 11 is 1.75. The van der Waals surface area contributed by atoms with Crippen LogP contribution in [0, 0.1) is 17.8 Å². The number of thiophene rings is 1. The third kappa shape index (κ3) is 8.05. The minimum Gasteiger partial charge on any atom is -0.356 e. The van der Waals surface area contributed by atoms with E-state index in [0.29, 0.717) is 36.4 Å². The van der Waals surface area contributed by atoms with E-state index >= 15 is 0 Å². The number of carbonyl (C=O) groups excluding carboxylic acids is 2. The van der Waals surface area contributed by atoms with Gasteiger partial charge >= 0.3 is 0 Å². The van der Waals surface area contributed by atoms with E-state index in [9.17, 15) is 9.59 Å². The van der Waals surface area contributed by atoms with Crippen LogP contribution >= 0.6 is 11.3 Å². The fourth-order valence-corrected chi connectivity index (χ4v) is 7.43. The Labute approximate surface area is 266 Å². The van der Waals surface area contributed by atoms with Crippen molar-refractivity contribution in [1.82, 2.24) is 19.8 Å². The molecule has 1 fully saturated rings. The SMILES string of the molecule is CCC(CC)n1c(Cc2cccs2)nc2cc(C(=O)C[C@@H](CC(C)C)C(=O)NCC3CCN(Cc4ccccc4)C3)ccc21. The van der Waals surface area contributed by atoms with Crippen LogP contribution in [0.2, 0.25) is 0 Å². The number of aromatic nitrogens is 2. The van der Waals surface area contributed by atoms with E-state index in [0.717, 1.165) is 62.2 Å². The molecule has 1 N–H and O–H groups in total. The zero-order valence-corrected chi connectivity index (χ0v) is 27.6. The van der Waals surface area contributed by atoms with Gasteiger partial charge in [-0.2, -0.15) is 0 Å². The summed E-state index contributed by atoms with van der Waals surface area (Å²) in [6.45, 7) is 12.3. The molecule has 6 nitrogen and oxygen atoms in total. The molecule has 1 aliphatic rings. The summed E-state index contributed by atoms with van der Waals surface area (Å²) in [5.74, 6) is 1.49. The van der Waals surface area contributed by atoms with Crippen molar-refractivity contribution in [3.05, 3.63) is 87.9 Å². The topological polar surface area (TPSA) is 67.2 Å². The Morgan fingerprint density at radius 3 is 2.55 bits per heavy atom. The van der Waals surface area contributed by atoms with Gasteiger partial charge in [0.15, 0.2) is 5.78 Å². The Morgan fingerprint density at radius 2 is 1.84 bits per heavy atom. The maximum atomic E-state index is 13.6. The minimum atomic E-state index is -0.337. The van der Waals surface area contributed by atoms with Gasteiger partial charge in [-0.3, -0.25) is 14.5 Å². The van der Waals surface area contributed by atoms with Gasteiger partial charge in [-0.1, -0.05) is 64.1 Å². The molecule has 1 aliphatic heterocycles. The van der Waals surface area contributed by atoms with Gasteiger partial charge in [-0.25, -0.2) is 4.98 Å². The number of nitrogens with zero attached hydrogens (tertiary/aromatic N) is 3. The van der Waals surface area contributed by atoms with Gasteiger partial charge in [0.2, 0.25) is 5.91 Å². The van der Waals surface area contributed by atoms with E-state index in [4.69, 9.17) is 4.98 Å². The molecule has 1 unspecified atom stereocenters. The van der Waals surface area contributed by atoms with Crippen LogP contribution < -0.4 is 5.32 Å². The molecule has 5 rings (SSSR count). The van der Waals surface area contributed by atoms with Crippen LogP contribution in [-0.2, 0) is 17.8 Å². The van der Waals surface area contributed by atoms with Crippen LogP contribution in [0.4, 0.5) is 0 Å². The Bertz CT molecular complexity index is 1510. The Morgan fingerprint density at radius 1 is 1.05 bits per heavy atom. The molecule has 0 radical (unpaired) electrons. The lowest BCUT2D eigenvalue weighted by Crippen LogP contribution is -2.36. The predicted octanol–water partition coefficient (Wildman–Crippen LogP) is 7.92. The van der Waals surface area contributed by atoms with Crippen LogP contribution in [0.5, 0.6) is 0 Å². The summed E-state index contributed by atoms with van der Waals surface area (Å²) in [4.78, 5) is 35.9. The van der Waals surface area contributed by atoms with Crippen molar-refractivity contribution in [3.63, 3.8) is 0 Å². The van der Waals surface area contributed by atoms with Crippen LogP contribution in [0.3, 0.4) is 0 Å². The van der Waals surface area contributed by atoms with Crippen molar-refractivity contribution in [2.75, 3.05) is 19.6 Å². The molecule has 3 heterocycles. The molecule has 4 aromatic rings. The number of likely N-dealkylation sites (tertiary alicyclic amines) is 1. The van der Waals surface area contributed by atoms with Crippen molar-refractivity contribution < 1.29 is 9.59 Å². The zero-order valence-electron chi connectivity index (χ0n) is 26.8. The Kier molecular flexibility index (Phi) is 11.0. The number of nitrogens with one attached hydrogen (secondary N) is 1. The molecule has 0 bridgehead atoms. The Hall–Kier alpha value is -3.29.